The number of likely N-dealkylation sites (tertiary alicyclic amines) is 1. The van der Waals surface area contributed by atoms with Crippen molar-refractivity contribution in [1.29, 1.82) is 0 Å². The van der Waals surface area contributed by atoms with Gasteiger partial charge in [-0.3, -0.25) is 9.59 Å². The zero-order chi connectivity index (χ0) is 16.3. The van der Waals surface area contributed by atoms with Crippen molar-refractivity contribution in [3.63, 3.8) is 0 Å². The van der Waals surface area contributed by atoms with Crippen LogP contribution in [0.25, 0.3) is 0 Å². The van der Waals surface area contributed by atoms with Crippen LogP contribution in [0.5, 0.6) is 0 Å². The molecule has 5 nitrogen and oxygen atoms in total. The Labute approximate surface area is 126 Å². The van der Waals surface area contributed by atoms with Gasteiger partial charge in [0.1, 0.15) is 11.6 Å². The van der Waals surface area contributed by atoms with Crippen LogP contribution in [0.15, 0.2) is 18.2 Å². The van der Waals surface area contributed by atoms with Gasteiger partial charge in [0.15, 0.2) is 0 Å². The Hall–Kier alpha value is -2.02. The molecule has 1 aliphatic rings. The van der Waals surface area contributed by atoms with Crippen LogP contribution in [-0.4, -0.2) is 48.7 Å². The third-order valence-corrected chi connectivity index (χ3v) is 3.90. The van der Waals surface area contributed by atoms with E-state index < -0.39 is 35.4 Å². The number of hydrogen-bond acceptors (Lipinski definition) is 4. The molecule has 0 amide bonds. The number of carboxylic acid groups (broad SMARTS) is 1. The maximum atomic E-state index is 14.0. The highest BCUT2D eigenvalue weighted by Gasteiger charge is 2.40. The molecular weight excluding hydrogens is 296 g/mol. The molecular formula is C15H17F2NO4. The van der Waals surface area contributed by atoms with Gasteiger partial charge in [0.25, 0.3) is 0 Å². The lowest BCUT2D eigenvalue weighted by Crippen LogP contribution is -2.26. The first-order valence-electron chi connectivity index (χ1n) is 6.89. The SMILES string of the molecule is COC(=O)[C@@H]1CN(CCC(=O)O)C[C@H]1c1ccc(F)cc1F. The summed E-state index contributed by atoms with van der Waals surface area (Å²) in [6.45, 7) is 0.888. The first kappa shape index (κ1) is 16.4. The van der Waals surface area contributed by atoms with E-state index in [1.165, 1.54) is 13.2 Å². The summed E-state index contributed by atoms with van der Waals surface area (Å²) in [5.74, 6) is -3.89. The zero-order valence-electron chi connectivity index (χ0n) is 12.1. The van der Waals surface area contributed by atoms with E-state index in [1.54, 1.807) is 4.90 Å². The Bertz CT molecular complexity index is 579. The van der Waals surface area contributed by atoms with Gasteiger partial charge in [-0.2, -0.15) is 0 Å². The third-order valence-electron chi connectivity index (χ3n) is 3.90. The number of ether oxygens (including phenoxy) is 1. The summed E-state index contributed by atoms with van der Waals surface area (Å²) in [7, 11) is 1.25. The second kappa shape index (κ2) is 6.83. The maximum absolute atomic E-state index is 14.0. The Morgan fingerprint density at radius 1 is 1.36 bits per heavy atom. The second-order valence-corrected chi connectivity index (χ2v) is 5.31. The van der Waals surface area contributed by atoms with E-state index in [9.17, 15) is 18.4 Å². The van der Waals surface area contributed by atoms with Crippen molar-refractivity contribution in [2.45, 2.75) is 12.3 Å². The number of carboxylic acids is 1. The van der Waals surface area contributed by atoms with E-state index >= 15 is 0 Å². The minimum absolute atomic E-state index is 0.0630. The Kier molecular flexibility index (Phi) is 5.07. The van der Waals surface area contributed by atoms with Gasteiger partial charge in [-0.1, -0.05) is 6.07 Å². The highest BCUT2D eigenvalue weighted by atomic mass is 19.1. The molecule has 1 saturated heterocycles. The molecule has 0 bridgehead atoms. The van der Waals surface area contributed by atoms with Crippen molar-refractivity contribution in [3.8, 4) is 0 Å². The molecule has 0 aliphatic carbocycles. The number of rotatable bonds is 5. The molecule has 0 unspecified atom stereocenters. The molecule has 2 rings (SSSR count). The predicted molar refractivity (Wildman–Crippen MR) is 73.3 cm³/mol. The van der Waals surface area contributed by atoms with Crippen molar-refractivity contribution >= 4 is 11.9 Å². The quantitative estimate of drug-likeness (QED) is 0.837. The van der Waals surface area contributed by atoms with Gasteiger partial charge in [-0.05, 0) is 11.6 Å². The molecule has 7 heteroatoms. The summed E-state index contributed by atoms with van der Waals surface area (Å²) in [5, 5.41) is 8.73. The average molecular weight is 313 g/mol. The molecule has 0 spiro atoms. The highest BCUT2D eigenvalue weighted by Crippen LogP contribution is 2.35. The molecule has 1 aromatic carbocycles. The van der Waals surface area contributed by atoms with Crippen molar-refractivity contribution in [3.05, 3.63) is 35.4 Å². The molecule has 0 saturated carbocycles. The summed E-state index contributed by atoms with van der Waals surface area (Å²) in [4.78, 5) is 24.3. The number of esters is 1. The van der Waals surface area contributed by atoms with E-state index in [2.05, 4.69) is 0 Å². The lowest BCUT2D eigenvalue weighted by atomic mass is 9.88. The molecule has 22 heavy (non-hydrogen) atoms. The van der Waals surface area contributed by atoms with E-state index in [0.29, 0.717) is 13.1 Å². The van der Waals surface area contributed by atoms with Crippen LogP contribution in [0.1, 0.15) is 17.9 Å². The van der Waals surface area contributed by atoms with Gasteiger partial charge in [0, 0.05) is 31.6 Å². The average Bonchev–Trinajstić information content (AvgIpc) is 2.88. The molecule has 2 atom stereocenters. The van der Waals surface area contributed by atoms with E-state index in [-0.39, 0.29) is 18.5 Å². The van der Waals surface area contributed by atoms with Gasteiger partial charge >= 0.3 is 11.9 Å². The maximum Gasteiger partial charge on any atom is 0.310 e. The Morgan fingerprint density at radius 3 is 2.68 bits per heavy atom. The van der Waals surface area contributed by atoms with Gasteiger partial charge in [0.05, 0.1) is 19.4 Å². The first-order chi connectivity index (χ1) is 10.4. The predicted octanol–water partition coefficient (Wildman–Crippen LogP) is 1.63. The van der Waals surface area contributed by atoms with Crippen molar-refractivity contribution < 1.29 is 28.2 Å². The summed E-state index contributed by atoms with van der Waals surface area (Å²) >= 11 is 0. The summed E-state index contributed by atoms with van der Waals surface area (Å²) in [6.07, 6.45) is -0.0630. The van der Waals surface area contributed by atoms with Crippen LogP contribution in [0.2, 0.25) is 0 Å². The van der Waals surface area contributed by atoms with Crippen LogP contribution < -0.4 is 0 Å². The fourth-order valence-electron chi connectivity index (χ4n) is 2.83. The van der Waals surface area contributed by atoms with Gasteiger partial charge in [-0.15, -0.1) is 0 Å². The fourth-order valence-corrected chi connectivity index (χ4v) is 2.83. The lowest BCUT2D eigenvalue weighted by molar-refractivity contribution is -0.145. The molecule has 1 aromatic rings. The molecule has 0 aromatic heterocycles. The smallest absolute Gasteiger partial charge is 0.310 e. The molecule has 1 fully saturated rings. The number of carbonyl (C=O) groups excluding carboxylic acids is 1. The Balaban J connectivity index is 2.22. The van der Waals surface area contributed by atoms with E-state index in [1.807, 2.05) is 0 Å². The molecule has 1 N–H and O–H groups in total. The van der Waals surface area contributed by atoms with E-state index in [4.69, 9.17) is 9.84 Å². The number of aliphatic carboxylic acids is 1. The van der Waals surface area contributed by atoms with Gasteiger partial charge in [0.2, 0.25) is 0 Å². The fraction of sp³-hybridized carbons (Fsp3) is 0.467. The number of carbonyl (C=O) groups is 2. The second-order valence-electron chi connectivity index (χ2n) is 5.31. The van der Waals surface area contributed by atoms with Crippen LogP contribution in [0.4, 0.5) is 8.78 Å². The van der Waals surface area contributed by atoms with Crippen molar-refractivity contribution in [2.75, 3.05) is 26.7 Å². The number of halogens is 2. The topological polar surface area (TPSA) is 66.8 Å². The number of methoxy groups -OCH3 is 1. The van der Waals surface area contributed by atoms with Gasteiger partial charge in [-0.25, -0.2) is 8.78 Å². The number of nitrogens with zero attached hydrogens (tertiary/aromatic N) is 1. The zero-order valence-corrected chi connectivity index (χ0v) is 12.1. The largest absolute Gasteiger partial charge is 0.481 e. The van der Waals surface area contributed by atoms with E-state index in [0.717, 1.165) is 12.1 Å². The standard InChI is InChI=1S/C15H17F2NO4/c1-22-15(21)12-8-18(5-4-14(19)20)7-11(12)10-3-2-9(16)6-13(10)17/h2-3,6,11-12H,4-5,7-8H2,1H3,(H,19,20)/t11-,12+/m0/s1. The number of hydrogen-bond donors (Lipinski definition) is 1. The summed E-state index contributed by atoms with van der Waals surface area (Å²) in [5.41, 5.74) is 0.245. The van der Waals surface area contributed by atoms with Crippen LogP contribution in [-0.2, 0) is 14.3 Å². The first-order valence-corrected chi connectivity index (χ1v) is 6.89. The third kappa shape index (κ3) is 3.59. The molecule has 1 aliphatic heterocycles. The Morgan fingerprint density at radius 2 is 2.09 bits per heavy atom. The minimum Gasteiger partial charge on any atom is -0.481 e. The highest BCUT2D eigenvalue weighted by molar-refractivity contribution is 5.74. The van der Waals surface area contributed by atoms with Crippen molar-refractivity contribution in [1.82, 2.24) is 4.90 Å². The van der Waals surface area contributed by atoms with Crippen LogP contribution >= 0.6 is 0 Å². The monoisotopic (exact) mass is 313 g/mol. The normalized spacial score (nSPS) is 21.8. The lowest BCUT2D eigenvalue weighted by Gasteiger charge is -2.17. The minimum atomic E-state index is -0.939. The molecule has 0 radical (unpaired) electrons. The van der Waals surface area contributed by atoms with Crippen LogP contribution in [0.3, 0.4) is 0 Å². The molecule has 1 heterocycles. The summed E-state index contributed by atoms with van der Waals surface area (Å²) in [6, 6.07) is 3.25. The van der Waals surface area contributed by atoms with Crippen molar-refractivity contribution in [2.24, 2.45) is 5.92 Å². The molecule has 120 valence electrons. The number of benzene rings is 1. The van der Waals surface area contributed by atoms with Crippen LogP contribution in [0, 0.1) is 17.6 Å². The van der Waals surface area contributed by atoms with Gasteiger partial charge < -0.3 is 14.7 Å². The summed E-state index contributed by atoms with van der Waals surface area (Å²) < 4.78 is 31.8.